The fourth-order valence-electron chi connectivity index (χ4n) is 2.43. The average Bonchev–Trinajstić information content (AvgIpc) is 2.45. The topological polar surface area (TPSA) is 92.9 Å². The molecule has 1 aromatic carbocycles. The predicted octanol–water partition coefficient (Wildman–Crippen LogP) is 1.51. The van der Waals surface area contributed by atoms with Crippen molar-refractivity contribution >= 4 is 29.2 Å². The van der Waals surface area contributed by atoms with Crippen LogP contribution in [0, 0.1) is 0 Å². The van der Waals surface area contributed by atoms with Crippen LogP contribution in [0.1, 0.15) is 23.2 Å². The molecule has 1 saturated heterocycles. The van der Waals surface area contributed by atoms with Gasteiger partial charge in [-0.1, -0.05) is 11.6 Å². The first kappa shape index (κ1) is 15.6. The molecule has 0 radical (unpaired) electrons. The van der Waals surface area contributed by atoms with E-state index in [4.69, 9.17) is 27.2 Å². The Labute approximate surface area is 127 Å². The molecule has 1 aliphatic rings. The number of carboxylic acids is 1. The Bertz CT molecular complexity index is 542. The standard InChI is InChI=1S/C14H17ClN2O4/c15-9-1-2-12(11(7-9)14(16)20)17-5-3-10(4-6-17)21-8-13(18)19/h1-2,7,10H,3-6,8H2,(H2,16,20)(H,18,19). The summed E-state index contributed by atoms with van der Waals surface area (Å²) in [5.41, 5.74) is 6.53. The molecule has 114 valence electrons. The van der Waals surface area contributed by atoms with Crippen LogP contribution in [0.2, 0.25) is 5.02 Å². The number of aliphatic carboxylic acids is 1. The van der Waals surface area contributed by atoms with E-state index in [0.29, 0.717) is 36.5 Å². The maximum absolute atomic E-state index is 11.5. The Hall–Kier alpha value is -1.79. The number of piperidine rings is 1. The second-order valence-electron chi connectivity index (χ2n) is 4.92. The van der Waals surface area contributed by atoms with Gasteiger partial charge in [0.15, 0.2) is 0 Å². The molecule has 1 aliphatic heterocycles. The molecule has 1 amide bonds. The SMILES string of the molecule is NC(=O)c1cc(Cl)ccc1N1CCC(OCC(=O)O)CC1. The fourth-order valence-corrected chi connectivity index (χ4v) is 2.61. The van der Waals surface area contributed by atoms with E-state index in [9.17, 15) is 9.59 Å². The normalized spacial score (nSPS) is 16.0. The lowest BCUT2D eigenvalue weighted by molar-refractivity contribution is -0.144. The molecule has 0 saturated carbocycles. The Balaban J connectivity index is 2.02. The number of hydrogen-bond donors (Lipinski definition) is 2. The lowest BCUT2D eigenvalue weighted by Gasteiger charge is -2.34. The van der Waals surface area contributed by atoms with E-state index in [1.165, 1.54) is 0 Å². The number of carbonyl (C=O) groups is 2. The number of halogens is 1. The number of rotatable bonds is 5. The van der Waals surface area contributed by atoms with Crippen molar-refractivity contribution in [2.75, 3.05) is 24.6 Å². The lowest BCUT2D eigenvalue weighted by Crippen LogP contribution is -2.38. The first-order valence-corrected chi connectivity index (χ1v) is 7.03. The minimum atomic E-state index is -0.967. The van der Waals surface area contributed by atoms with Gasteiger partial charge in [0.1, 0.15) is 6.61 Å². The van der Waals surface area contributed by atoms with Crippen LogP contribution in [0.25, 0.3) is 0 Å². The average molecular weight is 313 g/mol. The molecule has 0 bridgehead atoms. The van der Waals surface area contributed by atoms with Crippen LogP contribution < -0.4 is 10.6 Å². The monoisotopic (exact) mass is 312 g/mol. The number of ether oxygens (including phenoxy) is 1. The third-order valence-electron chi connectivity index (χ3n) is 3.45. The molecular weight excluding hydrogens is 296 g/mol. The van der Waals surface area contributed by atoms with Crippen LogP contribution in [0.3, 0.4) is 0 Å². The van der Waals surface area contributed by atoms with Gasteiger partial charge >= 0.3 is 5.97 Å². The first-order valence-electron chi connectivity index (χ1n) is 6.65. The highest BCUT2D eigenvalue weighted by atomic mass is 35.5. The minimum absolute atomic E-state index is 0.0679. The maximum atomic E-state index is 11.5. The fraction of sp³-hybridized carbons (Fsp3) is 0.429. The zero-order valence-electron chi connectivity index (χ0n) is 11.4. The highest BCUT2D eigenvalue weighted by Gasteiger charge is 2.23. The summed E-state index contributed by atoms with van der Waals surface area (Å²) in [6.07, 6.45) is 1.34. The van der Waals surface area contributed by atoms with Gasteiger partial charge in [0.25, 0.3) is 5.91 Å². The van der Waals surface area contributed by atoms with Crippen molar-refractivity contribution in [2.24, 2.45) is 5.73 Å². The Kier molecular flexibility index (Phi) is 5.03. The van der Waals surface area contributed by atoms with E-state index in [1.54, 1.807) is 18.2 Å². The third kappa shape index (κ3) is 4.09. The van der Waals surface area contributed by atoms with Crippen LogP contribution in [0.5, 0.6) is 0 Å². The molecule has 0 aromatic heterocycles. The van der Waals surface area contributed by atoms with E-state index in [1.807, 2.05) is 4.90 Å². The van der Waals surface area contributed by atoms with Crippen LogP contribution in [-0.4, -0.2) is 42.8 Å². The number of nitrogens with two attached hydrogens (primary N) is 1. The highest BCUT2D eigenvalue weighted by Crippen LogP contribution is 2.27. The predicted molar refractivity (Wildman–Crippen MR) is 78.8 cm³/mol. The van der Waals surface area contributed by atoms with Gasteiger partial charge in [-0.2, -0.15) is 0 Å². The molecule has 1 heterocycles. The Morgan fingerprint density at radius 2 is 2.05 bits per heavy atom. The van der Waals surface area contributed by atoms with Crippen molar-refractivity contribution in [1.82, 2.24) is 0 Å². The minimum Gasteiger partial charge on any atom is -0.480 e. The second kappa shape index (κ2) is 6.78. The summed E-state index contributed by atoms with van der Waals surface area (Å²) in [5, 5.41) is 9.06. The number of hydrogen-bond acceptors (Lipinski definition) is 4. The van der Waals surface area contributed by atoms with Crippen molar-refractivity contribution in [3.63, 3.8) is 0 Å². The second-order valence-corrected chi connectivity index (χ2v) is 5.35. The third-order valence-corrected chi connectivity index (χ3v) is 3.68. The van der Waals surface area contributed by atoms with Gasteiger partial charge in [-0.25, -0.2) is 4.79 Å². The zero-order valence-corrected chi connectivity index (χ0v) is 12.2. The summed E-state index contributed by atoms with van der Waals surface area (Å²) in [6, 6.07) is 5.06. The van der Waals surface area contributed by atoms with Gasteiger partial charge in [-0.3, -0.25) is 4.79 Å². The number of nitrogens with zero attached hydrogens (tertiary/aromatic N) is 1. The van der Waals surface area contributed by atoms with E-state index >= 15 is 0 Å². The molecule has 3 N–H and O–H groups in total. The van der Waals surface area contributed by atoms with Gasteiger partial charge in [-0.05, 0) is 31.0 Å². The molecule has 0 aliphatic carbocycles. The van der Waals surface area contributed by atoms with E-state index in [2.05, 4.69) is 0 Å². The summed E-state index contributed by atoms with van der Waals surface area (Å²) in [4.78, 5) is 24.0. The molecule has 0 spiro atoms. The van der Waals surface area contributed by atoms with Gasteiger partial charge in [0.05, 0.1) is 11.7 Å². The molecule has 1 aromatic rings. The van der Waals surface area contributed by atoms with E-state index in [0.717, 1.165) is 5.69 Å². The van der Waals surface area contributed by atoms with Crippen LogP contribution in [0.4, 0.5) is 5.69 Å². The molecule has 1 fully saturated rings. The van der Waals surface area contributed by atoms with Crippen molar-refractivity contribution < 1.29 is 19.4 Å². The smallest absolute Gasteiger partial charge is 0.329 e. The van der Waals surface area contributed by atoms with Crippen LogP contribution in [0.15, 0.2) is 18.2 Å². The molecular formula is C14H17ClN2O4. The molecule has 6 nitrogen and oxygen atoms in total. The number of carbonyl (C=O) groups excluding carboxylic acids is 1. The summed E-state index contributed by atoms with van der Waals surface area (Å²) in [6.45, 7) is 1.07. The van der Waals surface area contributed by atoms with Gasteiger partial charge in [0, 0.05) is 23.8 Å². The van der Waals surface area contributed by atoms with Gasteiger partial charge in [-0.15, -0.1) is 0 Å². The zero-order chi connectivity index (χ0) is 15.4. The number of carboxylic acid groups (broad SMARTS) is 1. The Morgan fingerprint density at radius 3 is 2.62 bits per heavy atom. The summed E-state index contributed by atoms with van der Waals surface area (Å²) in [5.74, 6) is -1.48. The molecule has 0 unspecified atom stereocenters. The van der Waals surface area contributed by atoms with Crippen molar-refractivity contribution in [3.8, 4) is 0 Å². The quantitative estimate of drug-likeness (QED) is 0.859. The summed E-state index contributed by atoms with van der Waals surface area (Å²) in [7, 11) is 0. The molecule has 7 heteroatoms. The van der Waals surface area contributed by atoms with Crippen LogP contribution in [-0.2, 0) is 9.53 Å². The van der Waals surface area contributed by atoms with Crippen LogP contribution >= 0.6 is 11.6 Å². The molecule has 2 rings (SSSR count). The maximum Gasteiger partial charge on any atom is 0.329 e. The van der Waals surface area contributed by atoms with E-state index in [-0.39, 0.29) is 12.7 Å². The first-order chi connectivity index (χ1) is 9.97. The summed E-state index contributed by atoms with van der Waals surface area (Å²) >= 11 is 5.89. The van der Waals surface area contributed by atoms with Crippen molar-refractivity contribution in [1.29, 1.82) is 0 Å². The summed E-state index contributed by atoms with van der Waals surface area (Å²) < 4.78 is 5.29. The van der Waals surface area contributed by atoms with Gasteiger partial charge in [0.2, 0.25) is 0 Å². The number of primary amides is 1. The highest BCUT2D eigenvalue weighted by molar-refractivity contribution is 6.31. The largest absolute Gasteiger partial charge is 0.480 e. The Morgan fingerprint density at radius 1 is 1.38 bits per heavy atom. The van der Waals surface area contributed by atoms with E-state index < -0.39 is 11.9 Å². The number of benzene rings is 1. The lowest BCUT2D eigenvalue weighted by atomic mass is 10.0. The van der Waals surface area contributed by atoms with Gasteiger partial charge < -0.3 is 20.5 Å². The molecule has 21 heavy (non-hydrogen) atoms. The number of amides is 1. The van der Waals surface area contributed by atoms with Crippen molar-refractivity contribution in [2.45, 2.75) is 18.9 Å². The number of anilines is 1. The van der Waals surface area contributed by atoms with Crippen molar-refractivity contribution in [3.05, 3.63) is 28.8 Å². The molecule has 0 atom stereocenters.